The average Bonchev–Trinajstić information content (AvgIpc) is 2.76. The number of anilines is 2. The first-order valence-electron chi connectivity index (χ1n) is 5.98. The van der Waals surface area contributed by atoms with Gasteiger partial charge in [-0.25, -0.2) is 24.2 Å². The third-order valence-corrected chi connectivity index (χ3v) is 4.98. The molecule has 1 aliphatic rings. The molecule has 1 atom stereocenters. The van der Waals surface area contributed by atoms with E-state index in [1.165, 1.54) is 18.0 Å². The molecule has 0 bridgehead atoms. The van der Waals surface area contributed by atoms with Crippen LogP contribution in [0.1, 0.15) is 12.2 Å². The summed E-state index contributed by atoms with van der Waals surface area (Å²) >= 11 is 0. The molecule has 1 saturated heterocycles. The number of halogens is 3. The lowest BCUT2D eigenvalue weighted by Crippen LogP contribution is -2.34. The van der Waals surface area contributed by atoms with Gasteiger partial charge in [0.15, 0.2) is 9.84 Å². The fraction of sp³-hybridized carbons (Fsp3) is 0.600. The highest BCUT2D eigenvalue weighted by Crippen LogP contribution is 2.30. The Labute approximate surface area is 119 Å². The van der Waals surface area contributed by atoms with Gasteiger partial charge in [0.05, 0.1) is 11.5 Å². The third-order valence-electron chi connectivity index (χ3n) is 3.23. The van der Waals surface area contributed by atoms with E-state index in [4.69, 9.17) is 5.84 Å². The second-order valence-corrected chi connectivity index (χ2v) is 6.97. The van der Waals surface area contributed by atoms with Gasteiger partial charge in [-0.05, 0) is 6.42 Å². The summed E-state index contributed by atoms with van der Waals surface area (Å²) in [6.45, 7) is 0. The first-order chi connectivity index (χ1) is 9.62. The van der Waals surface area contributed by atoms with E-state index >= 15 is 0 Å². The molecule has 1 aromatic rings. The number of hydrogen-bond acceptors (Lipinski definition) is 7. The van der Waals surface area contributed by atoms with E-state index in [-0.39, 0.29) is 23.1 Å². The molecule has 0 aliphatic carbocycles. The first kappa shape index (κ1) is 15.8. The van der Waals surface area contributed by atoms with Crippen molar-refractivity contribution in [2.45, 2.75) is 18.6 Å². The monoisotopic (exact) mass is 325 g/mol. The smallest absolute Gasteiger partial charge is 0.355 e. The van der Waals surface area contributed by atoms with E-state index < -0.39 is 27.9 Å². The quantitative estimate of drug-likeness (QED) is 0.613. The van der Waals surface area contributed by atoms with Crippen LogP contribution in [0.5, 0.6) is 0 Å². The van der Waals surface area contributed by atoms with Crippen LogP contribution in [0.3, 0.4) is 0 Å². The molecule has 1 fully saturated rings. The highest BCUT2D eigenvalue weighted by atomic mass is 32.2. The third kappa shape index (κ3) is 3.53. The Kier molecular flexibility index (Phi) is 3.97. The fourth-order valence-electron chi connectivity index (χ4n) is 2.08. The van der Waals surface area contributed by atoms with Gasteiger partial charge in [-0.1, -0.05) is 0 Å². The van der Waals surface area contributed by atoms with Gasteiger partial charge in [0, 0.05) is 19.2 Å². The number of sulfone groups is 1. The van der Waals surface area contributed by atoms with E-state index in [0.717, 1.165) is 0 Å². The van der Waals surface area contributed by atoms with Gasteiger partial charge < -0.3 is 10.3 Å². The maximum Gasteiger partial charge on any atom is 0.451 e. The van der Waals surface area contributed by atoms with E-state index in [2.05, 4.69) is 9.97 Å². The molecule has 0 spiro atoms. The molecule has 1 aliphatic heterocycles. The maximum atomic E-state index is 12.7. The summed E-state index contributed by atoms with van der Waals surface area (Å²) < 4.78 is 61.1. The molecule has 0 amide bonds. The fourth-order valence-corrected chi connectivity index (χ4v) is 3.86. The summed E-state index contributed by atoms with van der Waals surface area (Å²) in [6.07, 6.45) is -4.38. The second-order valence-electron chi connectivity index (χ2n) is 4.74. The standard InChI is InChI=1S/C10H14F3N5O2S/c1-18(6-2-3-21(19,20)5-6)8-4-7(17-14)15-9(16-8)10(11,12)13/h4,6H,2-3,5,14H2,1H3,(H,15,16,17). The van der Waals surface area contributed by atoms with Gasteiger partial charge in [-0.15, -0.1) is 0 Å². The van der Waals surface area contributed by atoms with Crippen molar-refractivity contribution in [3.05, 3.63) is 11.9 Å². The Morgan fingerprint density at radius 1 is 1.43 bits per heavy atom. The minimum absolute atomic E-state index is 0.0151. The summed E-state index contributed by atoms with van der Waals surface area (Å²) in [7, 11) is -1.66. The van der Waals surface area contributed by atoms with Crippen molar-refractivity contribution in [2.24, 2.45) is 5.84 Å². The first-order valence-corrected chi connectivity index (χ1v) is 7.80. The zero-order valence-electron chi connectivity index (χ0n) is 11.1. The predicted molar refractivity (Wildman–Crippen MR) is 70.3 cm³/mol. The number of alkyl halides is 3. The molecule has 0 saturated carbocycles. The van der Waals surface area contributed by atoms with Crippen LogP contribution in [-0.4, -0.2) is 43.0 Å². The number of rotatable bonds is 3. The van der Waals surface area contributed by atoms with Gasteiger partial charge in [-0.3, -0.25) is 0 Å². The lowest BCUT2D eigenvalue weighted by Gasteiger charge is -2.25. The summed E-state index contributed by atoms with van der Waals surface area (Å²) in [6, 6.07) is 0.816. The molecule has 1 aromatic heterocycles. The van der Waals surface area contributed by atoms with E-state index in [1.54, 1.807) is 0 Å². The average molecular weight is 325 g/mol. The topological polar surface area (TPSA) is 101 Å². The number of hydrogen-bond donors (Lipinski definition) is 2. The number of hydrazine groups is 1. The lowest BCUT2D eigenvalue weighted by atomic mass is 10.2. The molecule has 0 aromatic carbocycles. The Balaban J connectivity index is 2.35. The Bertz CT molecular complexity index is 634. The number of nitrogens with one attached hydrogen (secondary N) is 1. The minimum atomic E-state index is -4.72. The molecule has 3 N–H and O–H groups in total. The zero-order chi connectivity index (χ0) is 15.8. The van der Waals surface area contributed by atoms with Crippen LogP contribution in [0.4, 0.5) is 24.8 Å². The Morgan fingerprint density at radius 2 is 2.10 bits per heavy atom. The van der Waals surface area contributed by atoms with Crippen molar-refractivity contribution in [3.8, 4) is 0 Å². The lowest BCUT2D eigenvalue weighted by molar-refractivity contribution is -0.144. The van der Waals surface area contributed by atoms with Crippen molar-refractivity contribution in [1.82, 2.24) is 9.97 Å². The molecule has 0 radical (unpaired) electrons. The van der Waals surface area contributed by atoms with E-state index in [1.807, 2.05) is 5.43 Å². The SMILES string of the molecule is CN(c1cc(NN)nc(C(F)(F)F)n1)C1CCS(=O)(=O)C1. The summed E-state index contributed by atoms with van der Waals surface area (Å²) in [5.41, 5.74) is 2.05. The van der Waals surface area contributed by atoms with Gasteiger partial charge in [0.2, 0.25) is 5.82 Å². The number of nitrogens with two attached hydrogens (primary N) is 1. The van der Waals surface area contributed by atoms with Crippen molar-refractivity contribution in [2.75, 3.05) is 28.9 Å². The normalized spacial score (nSPS) is 21.3. The summed E-state index contributed by atoms with van der Waals surface area (Å²) in [5, 5.41) is 0. The summed E-state index contributed by atoms with van der Waals surface area (Å²) in [4.78, 5) is 8.09. The molecule has 2 rings (SSSR count). The molecule has 118 valence electrons. The Morgan fingerprint density at radius 3 is 2.57 bits per heavy atom. The molecular weight excluding hydrogens is 311 g/mol. The van der Waals surface area contributed by atoms with Crippen LogP contribution < -0.4 is 16.2 Å². The van der Waals surface area contributed by atoms with Gasteiger partial charge in [0.25, 0.3) is 0 Å². The summed E-state index contributed by atoms with van der Waals surface area (Å²) in [5.74, 6) is 3.45. The molecule has 1 unspecified atom stereocenters. The maximum absolute atomic E-state index is 12.7. The van der Waals surface area contributed by atoms with Gasteiger partial charge >= 0.3 is 6.18 Å². The van der Waals surface area contributed by atoms with E-state index in [9.17, 15) is 21.6 Å². The molecule has 7 nitrogen and oxygen atoms in total. The van der Waals surface area contributed by atoms with Crippen molar-refractivity contribution < 1.29 is 21.6 Å². The van der Waals surface area contributed by atoms with Crippen molar-refractivity contribution >= 4 is 21.5 Å². The van der Waals surface area contributed by atoms with Crippen molar-refractivity contribution in [1.29, 1.82) is 0 Å². The van der Waals surface area contributed by atoms with Crippen LogP contribution in [0.15, 0.2) is 6.07 Å². The van der Waals surface area contributed by atoms with Crippen LogP contribution in [-0.2, 0) is 16.0 Å². The second kappa shape index (κ2) is 5.30. The van der Waals surface area contributed by atoms with Crippen LogP contribution in [0.25, 0.3) is 0 Å². The predicted octanol–water partition coefficient (Wildman–Crippen LogP) is 0.404. The van der Waals surface area contributed by atoms with Crippen LogP contribution >= 0.6 is 0 Å². The minimum Gasteiger partial charge on any atom is -0.355 e. The van der Waals surface area contributed by atoms with E-state index in [0.29, 0.717) is 6.42 Å². The van der Waals surface area contributed by atoms with Crippen molar-refractivity contribution in [3.63, 3.8) is 0 Å². The molecule has 2 heterocycles. The number of nitrogens with zero attached hydrogens (tertiary/aromatic N) is 3. The zero-order valence-corrected chi connectivity index (χ0v) is 11.9. The van der Waals surface area contributed by atoms with Gasteiger partial charge in [0.1, 0.15) is 11.6 Å². The Hall–Kier alpha value is -1.62. The van der Waals surface area contributed by atoms with Gasteiger partial charge in [-0.2, -0.15) is 13.2 Å². The highest BCUT2D eigenvalue weighted by Gasteiger charge is 2.37. The highest BCUT2D eigenvalue weighted by molar-refractivity contribution is 7.91. The largest absolute Gasteiger partial charge is 0.451 e. The molecule has 21 heavy (non-hydrogen) atoms. The molecular formula is C10H14F3N5O2S. The molecule has 11 heteroatoms. The number of nitrogen functional groups attached to an aromatic ring is 1. The van der Waals surface area contributed by atoms with Crippen LogP contribution in [0.2, 0.25) is 0 Å². The number of aromatic nitrogens is 2. The van der Waals surface area contributed by atoms with Crippen LogP contribution in [0, 0.1) is 0 Å².